The first-order chi connectivity index (χ1) is 0. The molecule has 7 heavy (non-hydrogen) atoms. The maximum absolute atomic E-state index is 0. The Kier molecular flexibility index (Phi) is 868. The molecule has 0 heterocycles. The Bertz CT molecular complexity index is 10.9. The first-order valence-electron chi connectivity index (χ1n) is 0. The fourth-order valence-corrected chi connectivity index (χ4v) is 0. The van der Waals surface area contributed by atoms with E-state index in [0.29, 0.717) is 0 Å². The van der Waals surface area contributed by atoms with Gasteiger partial charge in [0.05, 0.1) is 0 Å². The molecule has 0 aromatic heterocycles. The van der Waals surface area contributed by atoms with E-state index in [1.807, 2.05) is 0 Å². The Balaban J connectivity index is 0. The van der Waals surface area contributed by atoms with Crippen molar-refractivity contribution < 1.29 is 16.4 Å². The molecular formula is Bi2Ga2O3. The molecular weight excluding hydrogens is 605 g/mol. The predicted octanol–water partition coefficient (Wildman–Crippen LogP) is -1.88. The van der Waals surface area contributed by atoms with E-state index < -0.39 is 0 Å². The molecule has 0 aliphatic rings. The molecule has 0 aromatic rings. The van der Waals surface area contributed by atoms with Gasteiger partial charge in [-0.2, -0.15) is 0 Å². The van der Waals surface area contributed by atoms with Crippen LogP contribution in [0.4, 0.5) is 0 Å². The second kappa shape index (κ2) is 65.6. The standard InChI is InChI=1S/2Bi.2Ga.3O/q;;2*+3;3*-2. The van der Waals surface area contributed by atoms with Gasteiger partial charge in [0.1, 0.15) is 0 Å². The van der Waals surface area contributed by atoms with E-state index in [0.717, 1.165) is 0 Å². The van der Waals surface area contributed by atoms with Crippen molar-refractivity contribution in [3.8, 4) is 0 Å². The topological polar surface area (TPSA) is 85.5 Å². The Morgan fingerprint density at radius 3 is 0.429 bits per heavy atom. The van der Waals surface area contributed by atoms with Crippen LogP contribution in [0.15, 0.2) is 0 Å². The average Bonchev–Trinajstić information content (AvgIpc) is 0. The molecule has 0 amide bonds. The van der Waals surface area contributed by atoms with E-state index in [1.54, 1.807) is 0 Å². The molecule has 0 fully saturated rings. The Morgan fingerprint density at radius 1 is 0.429 bits per heavy atom. The molecule has 0 aromatic carbocycles. The van der Waals surface area contributed by atoms with E-state index >= 15 is 0 Å². The van der Waals surface area contributed by atoms with Gasteiger partial charge in [0, 0.05) is 52.4 Å². The zero-order valence-electron chi connectivity index (χ0n) is 3.27. The fourth-order valence-electron chi connectivity index (χ4n) is 0. The van der Waals surface area contributed by atoms with Crippen LogP contribution in [0.5, 0.6) is 0 Å². The van der Waals surface area contributed by atoms with Crippen molar-refractivity contribution in [2.24, 2.45) is 0 Å². The Hall–Kier alpha value is 2.92. The molecule has 0 atom stereocenters. The molecule has 0 spiro atoms. The van der Waals surface area contributed by atoms with Gasteiger partial charge in [-0.25, -0.2) is 0 Å². The number of rotatable bonds is 0. The minimum atomic E-state index is 0. The van der Waals surface area contributed by atoms with Crippen LogP contribution < -0.4 is 0 Å². The van der Waals surface area contributed by atoms with Crippen molar-refractivity contribution >= 4 is 92.0 Å². The predicted molar refractivity (Wildman–Crippen MR) is 25.1 cm³/mol. The van der Waals surface area contributed by atoms with Crippen molar-refractivity contribution in [2.45, 2.75) is 0 Å². The summed E-state index contributed by atoms with van der Waals surface area (Å²) in [4.78, 5) is 0. The molecule has 0 N–H and O–H groups in total. The van der Waals surface area contributed by atoms with E-state index in [2.05, 4.69) is 0 Å². The van der Waals surface area contributed by atoms with Crippen LogP contribution in [0, 0.1) is 0 Å². The van der Waals surface area contributed by atoms with Crippen LogP contribution in [-0.2, 0) is 16.4 Å². The SMILES string of the molecule is [Bi].[Bi].[Ga+3].[Ga+3].[O-2].[O-2].[O-2]. The van der Waals surface area contributed by atoms with Gasteiger partial charge in [0.15, 0.2) is 0 Å². The van der Waals surface area contributed by atoms with Crippen LogP contribution >= 0.6 is 0 Å². The molecule has 0 unspecified atom stereocenters. The molecule has 0 rings (SSSR count). The Morgan fingerprint density at radius 2 is 0.429 bits per heavy atom. The minimum Gasteiger partial charge on any atom is -2.00 e. The largest absolute Gasteiger partial charge is 3.00 e. The average molecular weight is 605 g/mol. The zero-order chi connectivity index (χ0) is 0. The summed E-state index contributed by atoms with van der Waals surface area (Å²) in [5.74, 6) is 0. The van der Waals surface area contributed by atoms with Crippen LogP contribution in [-0.4, -0.2) is 92.0 Å². The van der Waals surface area contributed by atoms with Gasteiger partial charge in [-0.05, 0) is 0 Å². The Labute approximate surface area is 107 Å². The third kappa shape index (κ3) is 50.1. The second-order valence-corrected chi connectivity index (χ2v) is 0. The molecule has 7 heteroatoms. The summed E-state index contributed by atoms with van der Waals surface area (Å²) in [6, 6.07) is 0. The second-order valence-electron chi connectivity index (χ2n) is 0. The van der Waals surface area contributed by atoms with Gasteiger partial charge in [0.25, 0.3) is 0 Å². The first-order valence-corrected chi connectivity index (χ1v) is 0. The first kappa shape index (κ1) is 92.6. The fraction of sp³-hybridized carbons (Fsp3) is 0. The summed E-state index contributed by atoms with van der Waals surface area (Å²) < 4.78 is 0. The zero-order valence-corrected chi connectivity index (χ0v) is 15.1. The molecule has 0 saturated heterocycles. The molecule has 0 bridgehead atoms. The molecule has 0 saturated carbocycles. The third-order valence-corrected chi connectivity index (χ3v) is 0. The van der Waals surface area contributed by atoms with E-state index in [-0.39, 0.29) is 108 Å². The summed E-state index contributed by atoms with van der Waals surface area (Å²) in [6.45, 7) is 0. The van der Waals surface area contributed by atoms with Gasteiger partial charge in [-0.1, -0.05) is 0 Å². The number of hydrogen-bond donors (Lipinski definition) is 0. The maximum atomic E-state index is 0. The summed E-state index contributed by atoms with van der Waals surface area (Å²) in [7, 11) is 0. The molecule has 6 radical (unpaired) electrons. The third-order valence-electron chi connectivity index (χ3n) is 0. The molecule has 0 aliphatic carbocycles. The molecule has 3 nitrogen and oxygen atoms in total. The van der Waals surface area contributed by atoms with Crippen molar-refractivity contribution in [3.05, 3.63) is 0 Å². The van der Waals surface area contributed by atoms with Crippen molar-refractivity contribution in [1.82, 2.24) is 0 Å². The van der Waals surface area contributed by atoms with Crippen molar-refractivity contribution in [1.29, 1.82) is 0 Å². The van der Waals surface area contributed by atoms with Crippen LogP contribution in [0.1, 0.15) is 0 Å². The smallest absolute Gasteiger partial charge is 2.00 e. The molecule has 0 aliphatic heterocycles. The van der Waals surface area contributed by atoms with Crippen LogP contribution in [0.25, 0.3) is 0 Å². The summed E-state index contributed by atoms with van der Waals surface area (Å²) in [6.07, 6.45) is 0. The molecule has 34 valence electrons. The van der Waals surface area contributed by atoms with Gasteiger partial charge in [-0.3, -0.25) is 0 Å². The van der Waals surface area contributed by atoms with Crippen LogP contribution in [0.3, 0.4) is 0 Å². The van der Waals surface area contributed by atoms with Crippen molar-refractivity contribution in [2.75, 3.05) is 0 Å². The van der Waals surface area contributed by atoms with Crippen LogP contribution in [0.2, 0.25) is 0 Å². The van der Waals surface area contributed by atoms with E-state index in [4.69, 9.17) is 0 Å². The van der Waals surface area contributed by atoms with Gasteiger partial charge >= 0.3 is 39.6 Å². The monoisotopic (exact) mass is 604 g/mol. The summed E-state index contributed by atoms with van der Waals surface area (Å²) >= 11 is 0. The summed E-state index contributed by atoms with van der Waals surface area (Å²) in [5.41, 5.74) is 0. The minimum absolute atomic E-state index is 0. The normalized spacial score (nSPS) is 0. The van der Waals surface area contributed by atoms with Gasteiger partial charge in [-0.15, -0.1) is 0 Å². The number of hydrogen-bond acceptors (Lipinski definition) is 0. The van der Waals surface area contributed by atoms with E-state index in [9.17, 15) is 0 Å². The van der Waals surface area contributed by atoms with Crippen molar-refractivity contribution in [3.63, 3.8) is 0 Å². The van der Waals surface area contributed by atoms with Gasteiger partial charge in [0.2, 0.25) is 0 Å². The quantitative estimate of drug-likeness (QED) is 0.290. The summed E-state index contributed by atoms with van der Waals surface area (Å²) in [5, 5.41) is 0. The maximum Gasteiger partial charge on any atom is 3.00 e. The van der Waals surface area contributed by atoms with Gasteiger partial charge < -0.3 is 16.4 Å². The van der Waals surface area contributed by atoms with E-state index in [1.165, 1.54) is 0 Å².